The van der Waals surface area contributed by atoms with Crippen molar-refractivity contribution in [1.29, 1.82) is 0 Å². The largest absolute Gasteiger partial charge is 0.460 e. The maximum absolute atomic E-state index is 13.5. The van der Waals surface area contributed by atoms with E-state index < -0.39 is 29.4 Å². The van der Waals surface area contributed by atoms with E-state index in [-0.39, 0.29) is 13.0 Å². The molecule has 0 heterocycles. The number of hydrogen-bond donors (Lipinski definition) is 1. The van der Waals surface area contributed by atoms with Crippen molar-refractivity contribution in [2.24, 2.45) is 0 Å². The SMILES string of the molecule is CC(C)(C)OCC(F)C(O)CC(=O)OC(C)(C)C. The van der Waals surface area contributed by atoms with Crippen molar-refractivity contribution in [2.75, 3.05) is 6.61 Å². The molecule has 0 saturated carbocycles. The average Bonchev–Trinajstić information content (AvgIpc) is 2.09. The van der Waals surface area contributed by atoms with E-state index in [1.165, 1.54) is 0 Å². The molecule has 2 unspecified atom stereocenters. The molecule has 108 valence electrons. The van der Waals surface area contributed by atoms with Crippen LogP contribution in [0.3, 0.4) is 0 Å². The summed E-state index contributed by atoms with van der Waals surface area (Å²) in [4.78, 5) is 11.4. The lowest BCUT2D eigenvalue weighted by Gasteiger charge is -2.24. The van der Waals surface area contributed by atoms with Gasteiger partial charge in [0.1, 0.15) is 11.8 Å². The predicted octanol–water partition coefficient (Wildman–Crippen LogP) is 2.23. The van der Waals surface area contributed by atoms with E-state index >= 15 is 0 Å². The second-order valence-electron chi connectivity index (χ2n) is 6.30. The number of hydrogen-bond acceptors (Lipinski definition) is 4. The van der Waals surface area contributed by atoms with Crippen LogP contribution in [0.4, 0.5) is 4.39 Å². The van der Waals surface area contributed by atoms with Crippen LogP contribution in [0.2, 0.25) is 0 Å². The van der Waals surface area contributed by atoms with Gasteiger partial charge in [-0.15, -0.1) is 0 Å². The third kappa shape index (κ3) is 9.36. The first-order chi connectivity index (χ1) is 7.91. The Labute approximate surface area is 108 Å². The maximum Gasteiger partial charge on any atom is 0.309 e. The quantitative estimate of drug-likeness (QED) is 0.774. The number of alkyl halides is 1. The van der Waals surface area contributed by atoms with E-state index in [0.29, 0.717) is 0 Å². The lowest BCUT2D eigenvalue weighted by Crippen LogP contribution is -2.34. The molecule has 2 atom stereocenters. The van der Waals surface area contributed by atoms with Gasteiger partial charge in [-0.05, 0) is 41.5 Å². The third-order valence-electron chi connectivity index (χ3n) is 1.89. The lowest BCUT2D eigenvalue weighted by atomic mass is 10.1. The molecule has 0 aromatic carbocycles. The number of esters is 1. The van der Waals surface area contributed by atoms with Crippen LogP contribution in [-0.4, -0.2) is 41.2 Å². The molecule has 0 spiro atoms. The molecule has 0 aliphatic rings. The van der Waals surface area contributed by atoms with Gasteiger partial charge in [-0.25, -0.2) is 4.39 Å². The van der Waals surface area contributed by atoms with Crippen LogP contribution in [-0.2, 0) is 14.3 Å². The van der Waals surface area contributed by atoms with Gasteiger partial charge in [0, 0.05) is 0 Å². The second-order valence-corrected chi connectivity index (χ2v) is 6.30. The van der Waals surface area contributed by atoms with Gasteiger partial charge in [0.15, 0.2) is 0 Å². The summed E-state index contributed by atoms with van der Waals surface area (Å²) in [6, 6.07) is 0. The number of halogens is 1. The molecule has 18 heavy (non-hydrogen) atoms. The van der Waals surface area contributed by atoms with Crippen LogP contribution in [0.1, 0.15) is 48.0 Å². The Balaban J connectivity index is 4.08. The van der Waals surface area contributed by atoms with Crippen LogP contribution in [0.5, 0.6) is 0 Å². The Morgan fingerprint density at radius 2 is 1.67 bits per heavy atom. The highest BCUT2D eigenvalue weighted by molar-refractivity contribution is 5.70. The molecular formula is C13H25FO4. The molecule has 0 amide bonds. The summed E-state index contributed by atoms with van der Waals surface area (Å²) in [5.74, 6) is -0.617. The molecule has 0 rings (SSSR count). The summed E-state index contributed by atoms with van der Waals surface area (Å²) >= 11 is 0. The molecule has 0 fully saturated rings. The van der Waals surface area contributed by atoms with E-state index in [1.54, 1.807) is 41.5 Å². The molecule has 0 radical (unpaired) electrons. The predicted molar refractivity (Wildman–Crippen MR) is 67.1 cm³/mol. The lowest BCUT2D eigenvalue weighted by molar-refractivity contribution is -0.158. The molecule has 0 aliphatic carbocycles. The first kappa shape index (κ1) is 17.3. The van der Waals surface area contributed by atoms with Crippen molar-refractivity contribution in [3.05, 3.63) is 0 Å². The van der Waals surface area contributed by atoms with Crippen molar-refractivity contribution in [2.45, 2.75) is 71.4 Å². The first-order valence-corrected chi connectivity index (χ1v) is 6.08. The van der Waals surface area contributed by atoms with E-state index in [1.807, 2.05) is 0 Å². The number of aliphatic hydroxyl groups excluding tert-OH is 1. The summed E-state index contributed by atoms with van der Waals surface area (Å²) in [7, 11) is 0. The minimum absolute atomic E-state index is 0.243. The fourth-order valence-corrected chi connectivity index (χ4v) is 1.12. The van der Waals surface area contributed by atoms with Gasteiger partial charge in [0.05, 0.1) is 24.7 Å². The van der Waals surface area contributed by atoms with Gasteiger partial charge in [0.2, 0.25) is 0 Å². The van der Waals surface area contributed by atoms with Gasteiger partial charge < -0.3 is 14.6 Å². The van der Waals surface area contributed by atoms with Crippen LogP contribution >= 0.6 is 0 Å². The summed E-state index contributed by atoms with van der Waals surface area (Å²) in [6.07, 6.45) is -3.37. The van der Waals surface area contributed by atoms with Gasteiger partial charge in [0.25, 0.3) is 0 Å². The summed E-state index contributed by atoms with van der Waals surface area (Å²) < 4.78 is 23.7. The van der Waals surface area contributed by atoms with E-state index in [4.69, 9.17) is 9.47 Å². The Morgan fingerprint density at radius 1 is 1.17 bits per heavy atom. The summed E-state index contributed by atoms with van der Waals surface area (Å²) in [5.41, 5.74) is -1.11. The average molecular weight is 264 g/mol. The topological polar surface area (TPSA) is 55.8 Å². The van der Waals surface area contributed by atoms with Gasteiger partial charge >= 0.3 is 5.97 Å². The summed E-state index contributed by atoms with van der Waals surface area (Å²) in [6.45, 7) is 10.3. The fourth-order valence-electron chi connectivity index (χ4n) is 1.12. The zero-order valence-electron chi connectivity index (χ0n) is 12.1. The number of ether oxygens (including phenoxy) is 2. The minimum atomic E-state index is -1.60. The molecule has 1 N–H and O–H groups in total. The van der Waals surface area contributed by atoms with Crippen LogP contribution in [0.25, 0.3) is 0 Å². The zero-order chi connectivity index (χ0) is 14.6. The Kier molecular flexibility index (Phi) is 6.23. The Hall–Kier alpha value is -0.680. The molecule has 4 nitrogen and oxygen atoms in total. The first-order valence-electron chi connectivity index (χ1n) is 6.08. The van der Waals surface area contributed by atoms with Crippen LogP contribution in [0.15, 0.2) is 0 Å². The molecule has 0 aromatic heterocycles. The Morgan fingerprint density at radius 3 is 2.06 bits per heavy atom. The second kappa shape index (κ2) is 6.48. The third-order valence-corrected chi connectivity index (χ3v) is 1.89. The molecule has 0 aromatic rings. The number of rotatable bonds is 5. The smallest absolute Gasteiger partial charge is 0.309 e. The fraction of sp³-hybridized carbons (Fsp3) is 0.923. The standard InChI is InChI=1S/C13H25FO4/c1-12(2,3)17-8-9(14)10(15)7-11(16)18-13(4,5)6/h9-10,15H,7-8H2,1-6H3. The van der Waals surface area contributed by atoms with Crippen molar-refractivity contribution in [3.8, 4) is 0 Å². The van der Waals surface area contributed by atoms with Gasteiger partial charge in [-0.2, -0.15) is 0 Å². The molecule has 0 bridgehead atoms. The zero-order valence-corrected chi connectivity index (χ0v) is 12.1. The molecule has 0 saturated heterocycles. The molecular weight excluding hydrogens is 239 g/mol. The van der Waals surface area contributed by atoms with E-state index in [0.717, 1.165) is 0 Å². The Bertz CT molecular complexity index is 265. The van der Waals surface area contributed by atoms with Crippen molar-refractivity contribution in [1.82, 2.24) is 0 Å². The highest BCUT2D eigenvalue weighted by Gasteiger charge is 2.26. The monoisotopic (exact) mass is 264 g/mol. The van der Waals surface area contributed by atoms with Crippen LogP contribution in [0, 0.1) is 0 Å². The van der Waals surface area contributed by atoms with Crippen molar-refractivity contribution in [3.63, 3.8) is 0 Å². The number of carbonyl (C=O) groups excluding carboxylic acids is 1. The van der Waals surface area contributed by atoms with E-state index in [2.05, 4.69) is 0 Å². The highest BCUT2D eigenvalue weighted by atomic mass is 19.1. The number of carbonyl (C=O) groups is 1. The van der Waals surface area contributed by atoms with E-state index in [9.17, 15) is 14.3 Å². The van der Waals surface area contributed by atoms with Gasteiger partial charge in [-0.1, -0.05) is 0 Å². The normalized spacial score (nSPS) is 16.2. The number of aliphatic hydroxyl groups is 1. The van der Waals surface area contributed by atoms with Crippen molar-refractivity contribution < 1.29 is 23.8 Å². The minimum Gasteiger partial charge on any atom is -0.460 e. The molecule has 5 heteroatoms. The highest BCUT2D eigenvalue weighted by Crippen LogP contribution is 2.14. The summed E-state index contributed by atoms with van der Waals surface area (Å²) in [5, 5.41) is 9.53. The van der Waals surface area contributed by atoms with Crippen LogP contribution < -0.4 is 0 Å². The van der Waals surface area contributed by atoms with Gasteiger partial charge in [-0.3, -0.25) is 4.79 Å². The maximum atomic E-state index is 13.5. The van der Waals surface area contributed by atoms with Crippen molar-refractivity contribution >= 4 is 5.97 Å². The molecule has 0 aliphatic heterocycles.